The number of ether oxygens (including phenoxy) is 2. The number of halogens is 1. The lowest BCUT2D eigenvalue weighted by atomic mass is 10.2. The topological polar surface area (TPSA) is 102 Å². The van der Waals surface area contributed by atoms with Gasteiger partial charge < -0.3 is 14.8 Å². The van der Waals surface area contributed by atoms with Crippen LogP contribution in [0.1, 0.15) is 5.56 Å². The zero-order valence-corrected chi connectivity index (χ0v) is 18.5. The minimum Gasteiger partial charge on any atom is -0.483 e. The number of rotatable bonds is 9. The second-order valence-corrected chi connectivity index (χ2v) is 7.29. The van der Waals surface area contributed by atoms with Gasteiger partial charge in [-0.25, -0.2) is 9.82 Å². The molecule has 35 heavy (non-hydrogen) atoms. The zero-order chi connectivity index (χ0) is 24.5. The molecule has 0 aliphatic rings. The number of carbonyl (C=O) groups is 2. The molecule has 9 heteroatoms. The summed E-state index contributed by atoms with van der Waals surface area (Å²) in [6.45, 7) is -0.504. The van der Waals surface area contributed by atoms with Crippen LogP contribution in [0.4, 0.5) is 10.1 Å². The second kappa shape index (κ2) is 11.4. The maximum absolute atomic E-state index is 13.0. The maximum atomic E-state index is 13.0. The Bertz CT molecular complexity index is 1350. The van der Waals surface area contributed by atoms with Gasteiger partial charge in [-0.3, -0.25) is 14.6 Å². The second-order valence-electron chi connectivity index (χ2n) is 7.29. The summed E-state index contributed by atoms with van der Waals surface area (Å²) >= 11 is 0. The van der Waals surface area contributed by atoms with Crippen LogP contribution in [0.15, 0.2) is 90.2 Å². The van der Waals surface area contributed by atoms with Crippen molar-refractivity contribution in [2.45, 2.75) is 0 Å². The molecule has 3 aromatic carbocycles. The fourth-order valence-corrected chi connectivity index (χ4v) is 3.13. The Kier molecular flexibility index (Phi) is 7.59. The smallest absolute Gasteiger partial charge is 0.277 e. The number of hydrogen-bond acceptors (Lipinski definition) is 6. The number of hydrazone groups is 1. The number of anilines is 1. The van der Waals surface area contributed by atoms with E-state index in [9.17, 15) is 14.0 Å². The quantitative estimate of drug-likeness (QED) is 0.284. The highest BCUT2D eigenvalue weighted by molar-refractivity contribution is 5.92. The number of carbonyl (C=O) groups excluding carboxylic acids is 2. The Hall–Kier alpha value is -4.79. The molecule has 8 nitrogen and oxygen atoms in total. The van der Waals surface area contributed by atoms with E-state index in [1.807, 2.05) is 24.3 Å². The van der Waals surface area contributed by atoms with Crippen molar-refractivity contribution in [3.05, 3.63) is 96.4 Å². The third-order valence-electron chi connectivity index (χ3n) is 4.75. The molecule has 0 bridgehead atoms. The van der Waals surface area contributed by atoms with Crippen molar-refractivity contribution in [1.82, 2.24) is 10.4 Å². The number of para-hydroxylation sites is 2. The van der Waals surface area contributed by atoms with Crippen LogP contribution in [0, 0.1) is 5.82 Å². The summed E-state index contributed by atoms with van der Waals surface area (Å²) in [5.74, 6) is -0.350. The molecule has 2 amide bonds. The first kappa shape index (κ1) is 23.4. The number of pyridine rings is 1. The first-order chi connectivity index (χ1) is 17.1. The van der Waals surface area contributed by atoms with Crippen LogP contribution in [0.5, 0.6) is 11.5 Å². The molecule has 2 N–H and O–H groups in total. The minimum atomic E-state index is -0.453. The molecule has 0 saturated carbocycles. The number of hydrogen-bond donors (Lipinski definition) is 2. The van der Waals surface area contributed by atoms with E-state index in [0.29, 0.717) is 28.3 Å². The maximum Gasteiger partial charge on any atom is 0.277 e. The lowest BCUT2D eigenvalue weighted by Gasteiger charge is -2.10. The van der Waals surface area contributed by atoms with Gasteiger partial charge in [-0.1, -0.05) is 30.3 Å². The molecule has 1 heterocycles. The zero-order valence-electron chi connectivity index (χ0n) is 18.5. The third-order valence-corrected chi connectivity index (χ3v) is 4.75. The van der Waals surface area contributed by atoms with E-state index < -0.39 is 17.6 Å². The molecule has 0 aliphatic carbocycles. The van der Waals surface area contributed by atoms with Crippen LogP contribution >= 0.6 is 0 Å². The van der Waals surface area contributed by atoms with Crippen molar-refractivity contribution in [3.8, 4) is 11.5 Å². The monoisotopic (exact) mass is 472 g/mol. The van der Waals surface area contributed by atoms with Gasteiger partial charge >= 0.3 is 0 Å². The Morgan fingerprint density at radius 2 is 1.57 bits per heavy atom. The summed E-state index contributed by atoms with van der Waals surface area (Å²) in [6.07, 6.45) is 3.07. The normalized spacial score (nSPS) is 10.8. The highest BCUT2D eigenvalue weighted by Gasteiger charge is 2.08. The highest BCUT2D eigenvalue weighted by atomic mass is 19.1. The number of nitrogens with one attached hydrogen (secondary N) is 2. The van der Waals surface area contributed by atoms with E-state index in [0.717, 1.165) is 5.39 Å². The minimum absolute atomic E-state index is 0.241. The average Bonchev–Trinajstić information content (AvgIpc) is 2.88. The molecule has 0 unspecified atom stereocenters. The number of fused-ring (bicyclic) bond motifs is 1. The van der Waals surface area contributed by atoms with E-state index in [1.165, 1.54) is 30.5 Å². The molecule has 0 aliphatic heterocycles. The average molecular weight is 472 g/mol. The SMILES string of the molecule is O=C(COc1cccc2cccnc12)N/N=C/c1ccccc1OCC(=O)Nc1ccc(F)cc1. The number of aromatic nitrogens is 1. The van der Waals surface area contributed by atoms with Crippen LogP contribution < -0.4 is 20.2 Å². The van der Waals surface area contributed by atoms with E-state index in [4.69, 9.17) is 9.47 Å². The Balaban J connectivity index is 1.28. The Labute approximate surface area is 200 Å². The van der Waals surface area contributed by atoms with Crippen LogP contribution in [-0.2, 0) is 9.59 Å². The van der Waals surface area contributed by atoms with Crippen molar-refractivity contribution >= 4 is 34.6 Å². The predicted octanol–water partition coefficient (Wildman–Crippen LogP) is 3.92. The van der Waals surface area contributed by atoms with E-state index in [2.05, 4.69) is 20.8 Å². The molecule has 4 aromatic rings. The third kappa shape index (κ3) is 6.61. The van der Waals surface area contributed by atoms with E-state index >= 15 is 0 Å². The standard InChI is InChI=1S/C26H21FN4O4/c27-20-10-12-21(13-11-20)30-24(32)16-34-22-8-2-1-5-19(22)15-29-31-25(33)17-35-23-9-3-6-18-7-4-14-28-26(18)23/h1-15H,16-17H2,(H,30,32)(H,31,33)/b29-15+. The first-order valence-corrected chi connectivity index (χ1v) is 10.6. The van der Waals surface area contributed by atoms with Crippen LogP contribution in [-0.4, -0.2) is 36.2 Å². The number of benzene rings is 3. The molecule has 0 fully saturated rings. The van der Waals surface area contributed by atoms with Gasteiger partial charge in [-0.2, -0.15) is 5.10 Å². The molecule has 176 valence electrons. The summed E-state index contributed by atoms with van der Waals surface area (Å²) in [4.78, 5) is 28.6. The van der Waals surface area contributed by atoms with Gasteiger partial charge in [-0.05, 0) is 48.5 Å². The molecular formula is C26H21FN4O4. The number of amides is 2. The van der Waals surface area contributed by atoms with Gasteiger partial charge in [-0.15, -0.1) is 0 Å². The summed E-state index contributed by atoms with van der Waals surface area (Å²) < 4.78 is 24.1. The predicted molar refractivity (Wildman–Crippen MR) is 130 cm³/mol. The van der Waals surface area contributed by atoms with Crippen LogP contribution in [0.3, 0.4) is 0 Å². The highest BCUT2D eigenvalue weighted by Crippen LogP contribution is 2.22. The van der Waals surface area contributed by atoms with Gasteiger partial charge in [0.1, 0.15) is 22.8 Å². The lowest BCUT2D eigenvalue weighted by molar-refractivity contribution is -0.123. The van der Waals surface area contributed by atoms with Gasteiger partial charge in [0.2, 0.25) is 0 Å². The molecule has 0 radical (unpaired) electrons. The first-order valence-electron chi connectivity index (χ1n) is 10.6. The molecule has 1 aromatic heterocycles. The fraction of sp³-hybridized carbons (Fsp3) is 0.0769. The van der Waals surface area contributed by atoms with Crippen molar-refractivity contribution < 1.29 is 23.5 Å². The van der Waals surface area contributed by atoms with Crippen LogP contribution in [0.2, 0.25) is 0 Å². The largest absolute Gasteiger partial charge is 0.483 e. The van der Waals surface area contributed by atoms with Gasteiger partial charge in [0.15, 0.2) is 13.2 Å². The van der Waals surface area contributed by atoms with Crippen molar-refractivity contribution in [3.63, 3.8) is 0 Å². The summed E-state index contributed by atoms with van der Waals surface area (Å²) in [7, 11) is 0. The fourth-order valence-electron chi connectivity index (χ4n) is 3.13. The Morgan fingerprint density at radius 1 is 0.857 bits per heavy atom. The van der Waals surface area contributed by atoms with E-state index in [-0.39, 0.29) is 13.2 Å². The van der Waals surface area contributed by atoms with Gasteiger partial charge in [0, 0.05) is 22.8 Å². The summed E-state index contributed by atoms with van der Waals surface area (Å²) in [5.41, 5.74) is 4.08. The summed E-state index contributed by atoms with van der Waals surface area (Å²) in [6, 6.07) is 21.5. The number of nitrogens with zero attached hydrogens (tertiary/aromatic N) is 2. The van der Waals surface area contributed by atoms with Crippen molar-refractivity contribution in [1.29, 1.82) is 0 Å². The molecule has 4 rings (SSSR count). The Morgan fingerprint density at radius 3 is 2.43 bits per heavy atom. The van der Waals surface area contributed by atoms with E-state index in [1.54, 1.807) is 36.5 Å². The van der Waals surface area contributed by atoms with Gasteiger partial charge in [0.05, 0.1) is 6.21 Å². The molecular weight excluding hydrogens is 451 g/mol. The van der Waals surface area contributed by atoms with Crippen LogP contribution in [0.25, 0.3) is 10.9 Å². The van der Waals surface area contributed by atoms with Gasteiger partial charge in [0.25, 0.3) is 11.8 Å². The lowest BCUT2D eigenvalue weighted by Crippen LogP contribution is -2.24. The molecule has 0 spiro atoms. The van der Waals surface area contributed by atoms with Crippen molar-refractivity contribution in [2.24, 2.45) is 5.10 Å². The molecule has 0 saturated heterocycles. The van der Waals surface area contributed by atoms with Crippen molar-refractivity contribution in [2.75, 3.05) is 18.5 Å². The molecule has 0 atom stereocenters. The summed E-state index contributed by atoms with van der Waals surface area (Å²) in [5, 5.41) is 7.47.